The quantitative estimate of drug-likeness (QED) is 0.788. The molecule has 1 aliphatic rings. The molecule has 0 bridgehead atoms. The van der Waals surface area contributed by atoms with E-state index in [1.807, 2.05) is 23.1 Å². The zero-order chi connectivity index (χ0) is 19.2. The summed E-state index contributed by atoms with van der Waals surface area (Å²) < 4.78 is 19.1. The van der Waals surface area contributed by atoms with Crippen LogP contribution in [0.2, 0.25) is 0 Å². The number of piperazine rings is 1. The van der Waals surface area contributed by atoms with E-state index >= 15 is 0 Å². The molecule has 2 heterocycles. The fourth-order valence-corrected chi connectivity index (χ4v) is 4.31. The van der Waals surface area contributed by atoms with Gasteiger partial charge in [0.25, 0.3) is 0 Å². The minimum atomic E-state index is -0.210. The fraction of sp³-hybridized carbons (Fsp3) is 0.450. The molecule has 1 saturated heterocycles. The molecule has 2 N–H and O–H groups in total. The van der Waals surface area contributed by atoms with Crippen LogP contribution in [0.15, 0.2) is 36.4 Å². The highest BCUT2D eigenvalue weighted by molar-refractivity contribution is 7.15. The Morgan fingerprint density at radius 3 is 2.63 bits per heavy atom. The van der Waals surface area contributed by atoms with Crippen LogP contribution in [0.3, 0.4) is 0 Å². The van der Waals surface area contributed by atoms with Crippen LogP contribution < -0.4 is 5.73 Å². The second kappa shape index (κ2) is 9.41. The molecule has 1 aromatic heterocycles. The maximum absolute atomic E-state index is 13.9. The van der Waals surface area contributed by atoms with E-state index in [9.17, 15) is 9.18 Å². The van der Waals surface area contributed by atoms with Crippen LogP contribution >= 0.6 is 11.3 Å². The maximum Gasteiger partial charge on any atom is 0.225 e. The topological polar surface area (TPSA) is 58.8 Å². The van der Waals surface area contributed by atoms with Crippen LogP contribution in [-0.4, -0.2) is 61.6 Å². The molecule has 1 fully saturated rings. The van der Waals surface area contributed by atoms with Crippen LogP contribution in [0.1, 0.15) is 11.3 Å². The molecule has 0 spiro atoms. The number of hydrogen-bond donors (Lipinski definition) is 1. The molecule has 1 aromatic carbocycles. The molecule has 5 nitrogen and oxygen atoms in total. The number of rotatable bonds is 7. The van der Waals surface area contributed by atoms with Gasteiger partial charge in [-0.05, 0) is 18.2 Å². The van der Waals surface area contributed by atoms with Crippen molar-refractivity contribution >= 4 is 17.2 Å². The summed E-state index contributed by atoms with van der Waals surface area (Å²) in [7, 11) is 1.58. The summed E-state index contributed by atoms with van der Waals surface area (Å²) in [6.45, 7) is 4.27. The van der Waals surface area contributed by atoms with Gasteiger partial charge in [0, 0.05) is 61.7 Å². The van der Waals surface area contributed by atoms with Gasteiger partial charge in [0.1, 0.15) is 5.82 Å². The van der Waals surface area contributed by atoms with E-state index in [0.29, 0.717) is 31.6 Å². The number of nitrogens with zero attached hydrogens (tertiary/aromatic N) is 2. The van der Waals surface area contributed by atoms with Crippen LogP contribution in [0.25, 0.3) is 10.4 Å². The van der Waals surface area contributed by atoms with E-state index in [0.717, 1.165) is 24.5 Å². The Bertz CT molecular complexity index is 755. The van der Waals surface area contributed by atoms with Crippen LogP contribution in [0.4, 0.5) is 4.39 Å². The minimum Gasteiger partial charge on any atom is -0.380 e. The third-order valence-electron chi connectivity index (χ3n) is 4.90. The number of carbonyl (C=O) groups is 1. The molecule has 146 valence electrons. The molecule has 27 heavy (non-hydrogen) atoms. The molecular weight excluding hydrogens is 365 g/mol. The summed E-state index contributed by atoms with van der Waals surface area (Å²) in [5.41, 5.74) is 6.25. The second-order valence-corrected chi connectivity index (χ2v) is 7.87. The van der Waals surface area contributed by atoms with Crippen molar-refractivity contribution in [3.63, 3.8) is 0 Å². The molecule has 7 heteroatoms. The zero-order valence-corrected chi connectivity index (χ0v) is 16.4. The number of amides is 1. The number of methoxy groups -OCH3 is 1. The molecule has 2 aromatic rings. The number of nitrogens with two attached hydrogens (primary N) is 1. The second-order valence-electron chi connectivity index (χ2n) is 6.70. The van der Waals surface area contributed by atoms with Crippen LogP contribution in [0, 0.1) is 5.82 Å². The molecule has 1 atom stereocenters. The SMILES string of the molecule is COC(CN)CC(=O)N1CCN(Cc2ccc(-c3ccccc3F)s2)CC1. The summed E-state index contributed by atoms with van der Waals surface area (Å²) in [4.78, 5) is 18.7. The first-order valence-corrected chi connectivity index (χ1v) is 9.99. The Labute approximate surface area is 163 Å². The highest BCUT2D eigenvalue weighted by atomic mass is 32.1. The molecule has 1 aliphatic heterocycles. The molecule has 1 amide bonds. The summed E-state index contributed by atoms with van der Waals surface area (Å²) in [6.07, 6.45) is 0.127. The van der Waals surface area contributed by atoms with Gasteiger partial charge in [-0.3, -0.25) is 9.69 Å². The summed E-state index contributed by atoms with van der Waals surface area (Å²) in [5, 5.41) is 0. The molecule has 1 unspecified atom stereocenters. The van der Waals surface area contributed by atoms with Crippen molar-refractivity contribution in [1.29, 1.82) is 0 Å². The monoisotopic (exact) mass is 391 g/mol. The largest absolute Gasteiger partial charge is 0.380 e. The zero-order valence-electron chi connectivity index (χ0n) is 15.6. The fourth-order valence-electron chi connectivity index (χ4n) is 3.23. The normalized spacial score (nSPS) is 16.5. The highest BCUT2D eigenvalue weighted by Gasteiger charge is 2.23. The van der Waals surface area contributed by atoms with Crippen LogP contribution in [0.5, 0.6) is 0 Å². The highest BCUT2D eigenvalue weighted by Crippen LogP contribution is 2.30. The third-order valence-corrected chi connectivity index (χ3v) is 6.01. The van der Waals surface area contributed by atoms with E-state index in [1.165, 1.54) is 10.9 Å². The van der Waals surface area contributed by atoms with E-state index in [4.69, 9.17) is 10.5 Å². The maximum atomic E-state index is 13.9. The minimum absolute atomic E-state index is 0.102. The lowest BCUT2D eigenvalue weighted by molar-refractivity contribution is -0.135. The van der Waals surface area contributed by atoms with E-state index in [-0.39, 0.29) is 17.8 Å². The first kappa shape index (κ1) is 19.9. The van der Waals surface area contributed by atoms with Crippen molar-refractivity contribution in [3.8, 4) is 10.4 Å². The lowest BCUT2D eigenvalue weighted by Gasteiger charge is -2.35. The average Bonchev–Trinajstić information content (AvgIpc) is 3.15. The van der Waals surface area contributed by atoms with E-state index in [2.05, 4.69) is 11.0 Å². The van der Waals surface area contributed by atoms with Gasteiger partial charge in [-0.15, -0.1) is 11.3 Å². The van der Waals surface area contributed by atoms with E-state index < -0.39 is 0 Å². The number of benzene rings is 1. The predicted octanol–water partition coefficient (Wildman–Crippen LogP) is 2.56. The molecular formula is C20H26FN3O2S. The van der Waals surface area contributed by atoms with Crippen molar-refractivity contribution in [2.24, 2.45) is 5.73 Å². The van der Waals surface area contributed by atoms with Crippen molar-refractivity contribution in [2.75, 3.05) is 39.8 Å². The Morgan fingerprint density at radius 1 is 1.22 bits per heavy atom. The lowest BCUT2D eigenvalue weighted by atomic mass is 10.2. The Kier molecular flexibility index (Phi) is 6.95. The first-order chi connectivity index (χ1) is 13.1. The number of ether oxygens (including phenoxy) is 1. The van der Waals surface area contributed by atoms with Crippen molar-refractivity contribution < 1.29 is 13.9 Å². The Balaban J connectivity index is 1.51. The van der Waals surface area contributed by atoms with Gasteiger partial charge in [-0.25, -0.2) is 4.39 Å². The molecule has 0 saturated carbocycles. The summed E-state index contributed by atoms with van der Waals surface area (Å²) >= 11 is 1.62. The van der Waals surface area contributed by atoms with Gasteiger partial charge < -0.3 is 15.4 Å². The summed E-state index contributed by atoms with van der Waals surface area (Å²) in [6, 6.07) is 10.9. The molecule has 3 rings (SSSR count). The molecule has 0 aliphatic carbocycles. The van der Waals surface area contributed by atoms with Crippen molar-refractivity contribution in [1.82, 2.24) is 9.80 Å². The third kappa shape index (κ3) is 5.13. The van der Waals surface area contributed by atoms with E-state index in [1.54, 1.807) is 24.5 Å². The number of thiophene rings is 1. The van der Waals surface area contributed by atoms with Crippen molar-refractivity contribution in [2.45, 2.75) is 19.1 Å². The van der Waals surface area contributed by atoms with Gasteiger partial charge in [0.05, 0.1) is 12.5 Å². The smallest absolute Gasteiger partial charge is 0.225 e. The lowest BCUT2D eigenvalue weighted by Crippen LogP contribution is -2.49. The van der Waals surface area contributed by atoms with Crippen LogP contribution in [-0.2, 0) is 16.1 Å². The number of hydrogen-bond acceptors (Lipinski definition) is 5. The van der Waals surface area contributed by atoms with Gasteiger partial charge in [-0.1, -0.05) is 18.2 Å². The number of carbonyl (C=O) groups excluding carboxylic acids is 1. The van der Waals surface area contributed by atoms with Gasteiger partial charge in [0.2, 0.25) is 5.91 Å². The molecule has 0 radical (unpaired) electrons. The van der Waals surface area contributed by atoms with Gasteiger partial charge in [-0.2, -0.15) is 0 Å². The standard InChI is InChI=1S/C20H26FN3O2S/c1-26-15(13-22)12-20(25)24-10-8-23(9-11-24)14-16-6-7-19(27-16)17-4-2-3-5-18(17)21/h2-7,15H,8-14,22H2,1H3. The Hall–Kier alpha value is -1.80. The Morgan fingerprint density at radius 2 is 1.96 bits per heavy atom. The van der Waals surface area contributed by atoms with Crippen molar-refractivity contribution in [3.05, 3.63) is 47.1 Å². The first-order valence-electron chi connectivity index (χ1n) is 9.17. The number of halogens is 1. The average molecular weight is 392 g/mol. The van der Waals surface area contributed by atoms with Gasteiger partial charge >= 0.3 is 0 Å². The summed E-state index contributed by atoms with van der Waals surface area (Å²) in [5.74, 6) is -0.0882. The van der Waals surface area contributed by atoms with Gasteiger partial charge in [0.15, 0.2) is 0 Å². The predicted molar refractivity (Wildman–Crippen MR) is 106 cm³/mol.